The van der Waals surface area contributed by atoms with Gasteiger partial charge in [-0.15, -0.1) is 0 Å². The number of likely N-dealkylation sites (N-methyl/N-ethyl adjacent to an activating group) is 1. The van der Waals surface area contributed by atoms with Crippen LogP contribution in [0.25, 0.3) is 0 Å². The molecule has 0 unspecified atom stereocenters. The van der Waals surface area contributed by atoms with E-state index in [0.717, 1.165) is 5.56 Å². The Morgan fingerprint density at radius 1 is 1.05 bits per heavy atom. The van der Waals surface area contributed by atoms with Crippen molar-refractivity contribution in [3.05, 3.63) is 60.2 Å². The molecule has 4 nitrogen and oxygen atoms in total. The monoisotopic (exact) mass is 282 g/mol. The molecular weight excluding hydrogens is 264 g/mol. The third-order valence-electron chi connectivity index (χ3n) is 3.10. The van der Waals surface area contributed by atoms with Crippen molar-refractivity contribution in [2.75, 3.05) is 16.8 Å². The Kier molecular flexibility index (Phi) is 4.72. The van der Waals surface area contributed by atoms with Gasteiger partial charge in [-0.1, -0.05) is 30.3 Å². The number of carbonyl (C=O) groups excluding carboxylic acids is 2. The van der Waals surface area contributed by atoms with Gasteiger partial charge >= 0.3 is 11.8 Å². The molecule has 0 radical (unpaired) electrons. The van der Waals surface area contributed by atoms with Crippen LogP contribution < -0.4 is 10.2 Å². The molecule has 0 bridgehead atoms. The van der Waals surface area contributed by atoms with Crippen molar-refractivity contribution in [2.24, 2.45) is 0 Å². The number of anilines is 2. The Morgan fingerprint density at radius 2 is 1.76 bits per heavy atom. The standard InChI is InChI=1S/C17H18N2O2/c1-3-19(15-10-5-4-6-11-15)17(21)16(20)18-14-9-7-8-13(2)12-14/h4-12H,3H2,1-2H3,(H,18,20). The zero-order chi connectivity index (χ0) is 15.2. The first-order valence-electron chi connectivity index (χ1n) is 6.86. The largest absolute Gasteiger partial charge is 0.318 e. The summed E-state index contributed by atoms with van der Waals surface area (Å²) in [6, 6.07) is 16.5. The maximum atomic E-state index is 12.3. The van der Waals surface area contributed by atoms with Crippen LogP contribution in [-0.4, -0.2) is 18.4 Å². The van der Waals surface area contributed by atoms with Crippen molar-refractivity contribution >= 4 is 23.2 Å². The summed E-state index contributed by atoms with van der Waals surface area (Å²) in [5.41, 5.74) is 2.36. The maximum absolute atomic E-state index is 12.3. The zero-order valence-corrected chi connectivity index (χ0v) is 12.2. The van der Waals surface area contributed by atoms with Crippen LogP contribution in [0, 0.1) is 6.92 Å². The molecule has 0 fully saturated rings. The van der Waals surface area contributed by atoms with Crippen LogP contribution >= 0.6 is 0 Å². The van der Waals surface area contributed by atoms with Gasteiger partial charge in [-0.2, -0.15) is 0 Å². The molecule has 0 aromatic heterocycles. The Morgan fingerprint density at radius 3 is 2.38 bits per heavy atom. The lowest BCUT2D eigenvalue weighted by atomic mass is 10.2. The van der Waals surface area contributed by atoms with E-state index in [1.54, 1.807) is 18.2 Å². The van der Waals surface area contributed by atoms with Gasteiger partial charge in [-0.05, 0) is 43.7 Å². The molecule has 0 atom stereocenters. The molecule has 0 spiro atoms. The first kappa shape index (κ1) is 14.8. The summed E-state index contributed by atoms with van der Waals surface area (Å²) in [4.78, 5) is 25.8. The molecule has 21 heavy (non-hydrogen) atoms. The number of hydrogen-bond acceptors (Lipinski definition) is 2. The van der Waals surface area contributed by atoms with Gasteiger partial charge < -0.3 is 10.2 Å². The molecule has 108 valence electrons. The first-order valence-corrected chi connectivity index (χ1v) is 6.86. The van der Waals surface area contributed by atoms with Crippen LogP contribution in [0.2, 0.25) is 0 Å². The molecule has 0 aliphatic heterocycles. The summed E-state index contributed by atoms with van der Waals surface area (Å²) in [7, 11) is 0. The van der Waals surface area contributed by atoms with E-state index in [4.69, 9.17) is 0 Å². The Hall–Kier alpha value is -2.62. The summed E-state index contributed by atoms with van der Waals surface area (Å²) in [6.07, 6.45) is 0. The van der Waals surface area contributed by atoms with Gasteiger partial charge in [-0.25, -0.2) is 0 Å². The van der Waals surface area contributed by atoms with Crippen molar-refractivity contribution in [1.82, 2.24) is 0 Å². The molecule has 2 rings (SSSR count). The summed E-state index contributed by atoms with van der Waals surface area (Å²) < 4.78 is 0. The average Bonchev–Trinajstić information content (AvgIpc) is 2.49. The zero-order valence-electron chi connectivity index (χ0n) is 12.2. The number of nitrogens with zero attached hydrogens (tertiary/aromatic N) is 1. The number of nitrogens with one attached hydrogen (secondary N) is 1. The van der Waals surface area contributed by atoms with E-state index in [0.29, 0.717) is 17.9 Å². The average molecular weight is 282 g/mol. The normalized spacial score (nSPS) is 10.0. The minimum Gasteiger partial charge on any atom is -0.318 e. The lowest BCUT2D eigenvalue weighted by Crippen LogP contribution is -2.39. The van der Waals surface area contributed by atoms with Crippen LogP contribution in [0.3, 0.4) is 0 Å². The van der Waals surface area contributed by atoms with Crippen LogP contribution in [-0.2, 0) is 9.59 Å². The number of aryl methyl sites for hydroxylation is 1. The van der Waals surface area contributed by atoms with Crippen LogP contribution in [0.5, 0.6) is 0 Å². The number of carbonyl (C=O) groups is 2. The van der Waals surface area contributed by atoms with Crippen molar-refractivity contribution in [3.63, 3.8) is 0 Å². The molecule has 2 aromatic carbocycles. The topological polar surface area (TPSA) is 49.4 Å². The van der Waals surface area contributed by atoms with E-state index in [2.05, 4.69) is 5.32 Å². The quantitative estimate of drug-likeness (QED) is 0.880. The van der Waals surface area contributed by atoms with Crippen molar-refractivity contribution in [1.29, 1.82) is 0 Å². The van der Waals surface area contributed by atoms with E-state index >= 15 is 0 Å². The van der Waals surface area contributed by atoms with Gasteiger partial charge in [0.2, 0.25) is 0 Å². The highest BCUT2D eigenvalue weighted by atomic mass is 16.2. The summed E-state index contributed by atoms with van der Waals surface area (Å²) in [5, 5.41) is 2.64. The molecule has 0 saturated carbocycles. The van der Waals surface area contributed by atoms with Gasteiger partial charge in [-0.3, -0.25) is 9.59 Å². The number of rotatable bonds is 3. The minimum atomic E-state index is -0.633. The molecule has 4 heteroatoms. The van der Waals surface area contributed by atoms with Gasteiger partial charge in [0.25, 0.3) is 0 Å². The van der Waals surface area contributed by atoms with Crippen molar-refractivity contribution in [3.8, 4) is 0 Å². The van der Waals surface area contributed by atoms with Gasteiger partial charge in [0, 0.05) is 17.9 Å². The molecule has 2 aromatic rings. The first-order chi connectivity index (χ1) is 10.1. The second-order valence-corrected chi connectivity index (χ2v) is 4.71. The van der Waals surface area contributed by atoms with E-state index in [1.165, 1.54) is 4.90 Å². The van der Waals surface area contributed by atoms with Gasteiger partial charge in [0.15, 0.2) is 0 Å². The molecule has 0 aliphatic carbocycles. The summed E-state index contributed by atoms with van der Waals surface area (Å²) in [6.45, 7) is 4.20. The predicted octanol–water partition coefficient (Wildman–Crippen LogP) is 2.99. The molecule has 0 heterocycles. The highest BCUT2D eigenvalue weighted by Crippen LogP contribution is 2.14. The second-order valence-electron chi connectivity index (χ2n) is 4.71. The van der Waals surface area contributed by atoms with E-state index < -0.39 is 11.8 Å². The molecule has 1 N–H and O–H groups in total. The molecular formula is C17H18N2O2. The fourth-order valence-corrected chi connectivity index (χ4v) is 2.08. The lowest BCUT2D eigenvalue weighted by Gasteiger charge is -2.20. The fourth-order valence-electron chi connectivity index (χ4n) is 2.08. The van der Waals surface area contributed by atoms with E-state index in [-0.39, 0.29) is 0 Å². The number of para-hydroxylation sites is 1. The van der Waals surface area contributed by atoms with E-state index in [1.807, 2.05) is 50.2 Å². The highest BCUT2D eigenvalue weighted by Gasteiger charge is 2.21. The highest BCUT2D eigenvalue weighted by molar-refractivity contribution is 6.44. The molecule has 2 amide bonds. The van der Waals surface area contributed by atoms with E-state index in [9.17, 15) is 9.59 Å². The van der Waals surface area contributed by atoms with Crippen LogP contribution in [0.15, 0.2) is 54.6 Å². The lowest BCUT2D eigenvalue weighted by molar-refractivity contribution is -0.134. The molecule has 0 aliphatic rings. The third-order valence-corrected chi connectivity index (χ3v) is 3.10. The Labute approximate surface area is 124 Å². The summed E-state index contributed by atoms with van der Waals surface area (Å²) in [5.74, 6) is -1.20. The molecule has 0 saturated heterocycles. The number of amides is 2. The van der Waals surface area contributed by atoms with Crippen LogP contribution in [0.4, 0.5) is 11.4 Å². The van der Waals surface area contributed by atoms with Gasteiger partial charge in [0.1, 0.15) is 0 Å². The predicted molar refractivity (Wildman–Crippen MR) is 84.3 cm³/mol. The third kappa shape index (κ3) is 3.69. The SMILES string of the molecule is CCN(C(=O)C(=O)Nc1cccc(C)c1)c1ccccc1. The Balaban J connectivity index is 2.13. The fraction of sp³-hybridized carbons (Fsp3) is 0.176. The maximum Gasteiger partial charge on any atom is 0.316 e. The number of hydrogen-bond donors (Lipinski definition) is 1. The smallest absolute Gasteiger partial charge is 0.316 e. The summed E-state index contributed by atoms with van der Waals surface area (Å²) >= 11 is 0. The minimum absolute atomic E-state index is 0.435. The Bertz CT molecular complexity index is 638. The van der Waals surface area contributed by atoms with Gasteiger partial charge in [0.05, 0.1) is 0 Å². The number of benzene rings is 2. The van der Waals surface area contributed by atoms with Crippen LogP contribution in [0.1, 0.15) is 12.5 Å². The second kappa shape index (κ2) is 6.70. The van der Waals surface area contributed by atoms with Crippen molar-refractivity contribution < 1.29 is 9.59 Å². The van der Waals surface area contributed by atoms with Crippen molar-refractivity contribution in [2.45, 2.75) is 13.8 Å².